The third-order valence-electron chi connectivity index (χ3n) is 6.55. The summed E-state index contributed by atoms with van der Waals surface area (Å²) in [6, 6.07) is 12.5. The Hall–Kier alpha value is -3.06. The minimum atomic E-state index is -0.987. The third kappa shape index (κ3) is 5.05. The number of aromatic carboxylic acids is 1. The first kappa shape index (κ1) is 22.1. The van der Waals surface area contributed by atoms with E-state index in [0.29, 0.717) is 23.0 Å². The number of methoxy groups -OCH3 is 1. The van der Waals surface area contributed by atoms with Gasteiger partial charge in [-0.25, -0.2) is 4.79 Å². The second-order valence-corrected chi connectivity index (χ2v) is 8.53. The van der Waals surface area contributed by atoms with Gasteiger partial charge < -0.3 is 25.0 Å². The summed E-state index contributed by atoms with van der Waals surface area (Å²) in [6.45, 7) is 4.07. The highest BCUT2D eigenvalue weighted by molar-refractivity contribution is 6.05. The van der Waals surface area contributed by atoms with Crippen LogP contribution in [-0.4, -0.2) is 61.2 Å². The molecule has 0 unspecified atom stereocenters. The number of carboxylic acid groups (broad SMARTS) is 1. The summed E-state index contributed by atoms with van der Waals surface area (Å²) in [4.78, 5) is 29.3. The van der Waals surface area contributed by atoms with E-state index in [2.05, 4.69) is 15.1 Å². The molecular formula is C25H31N3O4. The summed E-state index contributed by atoms with van der Waals surface area (Å²) in [6.07, 6.45) is 6.00. The quantitative estimate of drug-likeness (QED) is 0.708. The van der Waals surface area contributed by atoms with Crippen LogP contribution in [0.15, 0.2) is 42.5 Å². The van der Waals surface area contributed by atoms with E-state index >= 15 is 0 Å². The van der Waals surface area contributed by atoms with E-state index in [1.165, 1.54) is 32.4 Å². The zero-order valence-corrected chi connectivity index (χ0v) is 18.5. The van der Waals surface area contributed by atoms with Crippen molar-refractivity contribution in [3.8, 4) is 5.75 Å². The van der Waals surface area contributed by atoms with E-state index in [1.807, 2.05) is 6.07 Å². The fourth-order valence-corrected chi connectivity index (χ4v) is 4.76. The van der Waals surface area contributed by atoms with Crippen molar-refractivity contribution >= 4 is 23.3 Å². The lowest BCUT2D eigenvalue weighted by molar-refractivity contribution is 0.0697. The van der Waals surface area contributed by atoms with Gasteiger partial charge in [0, 0.05) is 30.4 Å². The van der Waals surface area contributed by atoms with Crippen LogP contribution in [0.1, 0.15) is 52.8 Å². The van der Waals surface area contributed by atoms with Crippen LogP contribution < -0.4 is 15.0 Å². The van der Waals surface area contributed by atoms with Crippen molar-refractivity contribution in [2.24, 2.45) is 0 Å². The number of benzene rings is 2. The number of carbonyl (C=O) groups is 2. The number of amides is 1. The molecule has 2 saturated heterocycles. The van der Waals surface area contributed by atoms with Crippen molar-refractivity contribution in [3.63, 3.8) is 0 Å². The molecule has 2 aromatic rings. The van der Waals surface area contributed by atoms with Crippen molar-refractivity contribution in [2.45, 2.75) is 38.1 Å². The Morgan fingerprint density at radius 3 is 2.28 bits per heavy atom. The minimum absolute atomic E-state index is 0.217. The molecule has 7 nitrogen and oxygen atoms in total. The molecular weight excluding hydrogens is 406 g/mol. The van der Waals surface area contributed by atoms with Crippen molar-refractivity contribution < 1.29 is 19.4 Å². The Kier molecular flexibility index (Phi) is 6.95. The summed E-state index contributed by atoms with van der Waals surface area (Å²) in [7, 11) is 1.57. The highest BCUT2D eigenvalue weighted by Crippen LogP contribution is 2.29. The number of likely N-dealkylation sites (tertiary alicyclic amines) is 1. The maximum absolute atomic E-state index is 12.6. The van der Waals surface area contributed by atoms with Gasteiger partial charge in [-0.05, 0) is 81.2 Å². The molecule has 0 bridgehead atoms. The van der Waals surface area contributed by atoms with Crippen molar-refractivity contribution in [3.05, 3.63) is 53.6 Å². The molecule has 2 heterocycles. The first-order valence-electron chi connectivity index (χ1n) is 11.4. The molecule has 2 aliphatic rings. The number of anilines is 2. The molecule has 7 heteroatoms. The molecule has 4 rings (SSSR count). The number of nitrogens with zero attached hydrogens (tertiary/aromatic N) is 2. The third-order valence-corrected chi connectivity index (χ3v) is 6.55. The molecule has 2 aliphatic heterocycles. The zero-order valence-electron chi connectivity index (χ0n) is 18.5. The number of nitrogens with one attached hydrogen (secondary N) is 1. The highest BCUT2D eigenvalue weighted by atomic mass is 16.5. The SMILES string of the molecule is COc1ccc(C(=O)Nc2ccc(N3CCC(N4CCCCC4)CC3)c(C(=O)O)c2)cc1. The topological polar surface area (TPSA) is 82.1 Å². The number of ether oxygens (including phenoxy) is 1. The smallest absolute Gasteiger partial charge is 0.337 e. The molecule has 2 N–H and O–H groups in total. The second-order valence-electron chi connectivity index (χ2n) is 8.53. The maximum atomic E-state index is 12.6. The average Bonchev–Trinajstić information content (AvgIpc) is 2.84. The maximum Gasteiger partial charge on any atom is 0.337 e. The predicted octanol–water partition coefficient (Wildman–Crippen LogP) is 4.10. The largest absolute Gasteiger partial charge is 0.497 e. The van der Waals surface area contributed by atoms with Gasteiger partial charge in [-0.3, -0.25) is 4.79 Å². The number of rotatable bonds is 6. The molecule has 0 atom stereocenters. The van der Waals surface area contributed by atoms with E-state index < -0.39 is 5.97 Å². The number of hydrogen-bond donors (Lipinski definition) is 2. The molecule has 2 aromatic carbocycles. The van der Waals surface area contributed by atoms with Crippen LogP contribution in [0.3, 0.4) is 0 Å². The van der Waals surface area contributed by atoms with E-state index in [9.17, 15) is 14.7 Å². The van der Waals surface area contributed by atoms with Crippen LogP contribution in [0.4, 0.5) is 11.4 Å². The molecule has 0 aliphatic carbocycles. The van der Waals surface area contributed by atoms with E-state index in [0.717, 1.165) is 31.6 Å². The summed E-state index contributed by atoms with van der Waals surface area (Å²) >= 11 is 0. The van der Waals surface area contributed by atoms with Gasteiger partial charge in [-0.1, -0.05) is 6.42 Å². The lowest BCUT2D eigenvalue weighted by atomic mass is 9.98. The van der Waals surface area contributed by atoms with Gasteiger partial charge in [0.25, 0.3) is 5.91 Å². The monoisotopic (exact) mass is 437 g/mol. The molecule has 2 fully saturated rings. The molecule has 170 valence electrons. The van der Waals surface area contributed by atoms with Crippen molar-refractivity contribution in [2.75, 3.05) is 43.5 Å². The van der Waals surface area contributed by atoms with Crippen LogP contribution in [-0.2, 0) is 0 Å². The molecule has 1 amide bonds. The Balaban J connectivity index is 1.43. The van der Waals surface area contributed by atoms with Gasteiger partial charge in [0.2, 0.25) is 0 Å². The van der Waals surface area contributed by atoms with Crippen LogP contribution in [0.2, 0.25) is 0 Å². The fourth-order valence-electron chi connectivity index (χ4n) is 4.76. The lowest BCUT2D eigenvalue weighted by Crippen LogP contribution is -2.47. The summed E-state index contributed by atoms with van der Waals surface area (Å²) in [5, 5.41) is 12.6. The first-order chi connectivity index (χ1) is 15.5. The van der Waals surface area contributed by atoms with Gasteiger partial charge >= 0.3 is 5.97 Å². The van der Waals surface area contributed by atoms with Crippen LogP contribution in [0.25, 0.3) is 0 Å². The average molecular weight is 438 g/mol. The molecule has 0 radical (unpaired) electrons. The summed E-state index contributed by atoms with van der Waals surface area (Å²) in [5.41, 5.74) is 1.88. The summed E-state index contributed by atoms with van der Waals surface area (Å²) in [5.74, 6) is -0.610. The number of carboxylic acids is 1. The lowest BCUT2D eigenvalue weighted by Gasteiger charge is -2.41. The Morgan fingerprint density at radius 2 is 1.66 bits per heavy atom. The van der Waals surface area contributed by atoms with Gasteiger partial charge in [0.1, 0.15) is 5.75 Å². The van der Waals surface area contributed by atoms with Gasteiger partial charge in [-0.15, -0.1) is 0 Å². The fraction of sp³-hybridized carbons (Fsp3) is 0.440. The predicted molar refractivity (Wildman–Crippen MR) is 125 cm³/mol. The van der Waals surface area contributed by atoms with Gasteiger partial charge in [0.05, 0.1) is 18.4 Å². The Labute approximate surface area is 189 Å². The zero-order chi connectivity index (χ0) is 22.5. The molecule has 32 heavy (non-hydrogen) atoms. The Morgan fingerprint density at radius 1 is 0.969 bits per heavy atom. The highest BCUT2D eigenvalue weighted by Gasteiger charge is 2.27. The molecule has 0 spiro atoms. The number of carbonyl (C=O) groups excluding carboxylic acids is 1. The van der Waals surface area contributed by atoms with Gasteiger partial charge in [0.15, 0.2) is 0 Å². The van der Waals surface area contributed by atoms with Crippen molar-refractivity contribution in [1.82, 2.24) is 4.90 Å². The number of piperidine rings is 2. The van der Waals surface area contributed by atoms with Crippen LogP contribution in [0.5, 0.6) is 5.75 Å². The second kappa shape index (κ2) is 10.0. The summed E-state index contributed by atoms with van der Waals surface area (Å²) < 4.78 is 5.12. The Bertz CT molecular complexity index is 946. The van der Waals surface area contributed by atoms with E-state index in [4.69, 9.17) is 4.74 Å². The minimum Gasteiger partial charge on any atom is -0.497 e. The molecule has 0 aromatic heterocycles. The van der Waals surface area contributed by atoms with E-state index in [1.54, 1.807) is 43.5 Å². The normalized spacial score (nSPS) is 17.7. The number of hydrogen-bond acceptors (Lipinski definition) is 5. The first-order valence-corrected chi connectivity index (χ1v) is 11.4. The van der Waals surface area contributed by atoms with Crippen LogP contribution >= 0.6 is 0 Å². The van der Waals surface area contributed by atoms with Gasteiger partial charge in [-0.2, -0.15) is 0 Å². The van der Waals surface area contributed by atoms with E-state index in [-0.39, 0.29) is 11.5 Å². The van der Waals surface area contributed by atoms with Crippen LogP contribution in [0, 0.1) is 0 Å². The standard InChI is InChI=1S/C25H31N3O4/c1-32-21-8-5-18(6-9-21)24(29)26-19-7-10-23(22(17-19)25(30)31)28-15-11-20(12-16-28)27-13-3-2-4-14-27/h5-10,17,20H,2-4,11-16H2,1H3,(H,26,29)(H,30,31). The van der Waals surface area contributed by atoms with Crippen molar-refractivity contribution in [1.29, 1.82) is 0 Å². The molecule has 0 saturated carbocycles.